The SMILES string of the molecule is C[Si](C)(C)c1ccc(S(=O)(=O)[O-])cc1.[Na+]. The van der Waals surface area contributed by atoms with Crippen molar-refractivity contribution in [2.45, 2.75) is 24.5 Å². The van der Waals surface area contributed by atoms with E-state index in [0.29, 0.717) is 0 Å². The van der Waals surface area contributed by atoms with Gasteiger partial charge in [0, 0.05) is 0 Å². The number of hydrogen-bond acceptors (Lipinski definition) is 3. The average Bonchev–Trinajstić information content (AvgIpc) is 2.01. The number of benzene rings is 1. The van der Waals surface area contributed by atoms with Crippen LogP contribution in [0.2, 0.25) is 19.6 Å². The van der Waals surface area contributed by atoms with E-state index in [4.69, 9.17) is 0 Å². The minimum Gasteiger partial charge on any atom is -0.744 e. The molecule has 0 fully saturated rings. The summed E-state index contributed by atoms with van der Waals surface area (Å²) in [5.41, 5.74) is 0. The maximum Gasteiger partial charge on any atom is 1.00 e. The summed E-state index contributed by atoms with van der Waals surface area (Å²) in [6.45, 7) is 6.48. The molecule has 0 N–H and O–H groups in total. The van der Waals surface area contributed by atoms with E-state index in [1.54, 1.807) is 12.1 Å². The Morgan fingerprint density at radius 3 is 1.73 bits per heavy atom. The third-order valence-electron chi connectivity index (χ3n) is 2.01. The fourth-order valence-electron chi connectivity index (χ4n) is 1.12. The molecule has 0 amide bonds. The van der Waals surface area contributed by atoms with Gasteiger partial charge in [-0.25, -0.2) is 8.42 Å². The molecule has 6 heteroatoms. The Morgan fingerprint density at radius 1 is 1.07 bits per heavy atom. The van der Waals surface area contributed by atoms with Gasteiger partial charge in [0.25, 0.3) is 0 Å². The zero-order valence-corrected chi connectivity index (χ0v) is 13.3. The van der Waals surface area contributed by atoms with Crippen molar-refractivity contribution in [1.82, 2.24) is 0 Å². The topological polar surface area (TPSA) is 57.2 Å². The van der Waals surface area contributed by atoms with Gasteiger partial charge in [-0.3, -0.25) is 0 Å². The monoisotopic (exact) mass is 252 g/mol. The Bertz CT molecular complexity index is 420. The van der Waals surface area contributed by atoms with Crippen molar-refractivity contribution < 1.29 is 42.5 Å². The second-order valence-electron chi connectivity index (χ2n) is 4.23. The predicted octanol–water partition coefficient (Wildman–Crippen LogP) is -1.86. The summed E-state index contributed by atoms with van der Waals surface area (Å²) in [5.74, 6) is 0. The van der Waals surface area contributed by atoms with Crippen LogP contribution in [-0.2, 0) is 10.1 Å². The van der Waals surface area contributed by atoms with Crippen LogP contribution in [0.15, 0.2) is 29.2 Å². The molecule has 0 atom stereocenters. The van der Waals surface area contributed by atoms with Gasteiger partial charge in [0.15, 0.2) is 0 Å². The summed E-state index contributed by atoms with van der Waals surface area (Å²) in [5, 5.41) is 1.14. The number of hydrogen-bond donors (Lipinski definition) is 0. The Labute approximate surface area is 114 Å². The molecule has 0 aliphatic rings. The van der Waals surface area contributed by atoms with Gasteiger partial charge in [-0.05, 0) is 12.1 Å². The molecule has 3 nitrogen and oxygen atoms in total. The van der Waals surface area contributed by atoms with Gasteiger partial charge in [-0.2, -0.15) is 0 Å². The van der Waals surface area contributed by atoms with Gasteiger partial charge in [0.2, 0.25) is 0 Å². The van der Waals surface area contributed by atoms with Crippen LogP contribution in [0.25, 0.3) is 0 Å². The van der Waals surface area contributed by atoms with Crippen molar-refractivity contribution >= 4 is 23.4 Å². The molecule has 0 saturated carbocycles. The second-order valence-corrected chi connectivity index (χ2v) is 10.7. The molecule has 0 bridgehead atoms. The third kappa shape index (κ3) is 4.38. The molecule has 0 saturated heterocycles. The van der Waals surface area contributed by atoms with E-state index in [-0.39, 0.29) is 34.5 Å². The largest absolute Gasteiger partial charge is 1.00 e. The molecular weight excluding hydrogens is 239 g/mol. The van der Waals surface area contributed by atoms with E-state index >= 15 is 0 Å². The molecule has 78 valence electrons. The number of rotatable bonds is 2. The molecule has 15 heavy (non-hydrogen) atoms. The normalized spacial score (nSPS) is 12.0. The quantitative estimate of drug-likeness (QED) is 0.458. The standard InChI is InChI=1S/C9H14O3SSi.Na/c1-14(2,3)9-6-4-8(5-7-9)13(10,11)12;/h4-7H,1-3H3,(H,10,11,12);/q;+1/p-1. The van der Waals surface area contributed by atoms with Crippen LogP contribution in [0, 0.1) is 0 Å². The molecule has 1 aromatic carbocycles. The van der Waals surface area contributed by atoms with E-state index in [9.17, 15) is 13.0 Å². The Morgan fingerprint density at radius 2 is 1.47 bits per heavy atom. The van der Waals surface area contributed by atoms with E-state index < -0.39 is 18.2 Å². The van der Waals surface area contributed by atoms with Gasteiger partial charge in [-0.15, -0.1) is 0 Å². The van der Waals surface area contributed by atoms with Gasteiger partial charge < -0.3 is 4.55 Å². The fourth-order valence-corrected chi connectivity index (χ4v) is 2.76. The zero-order valence-electron chi connectivity index (χ0n) is 9.44. The molecule has 0 heterocycles. The van der Waals surface area contributed by atoms with Crippen LogP contribution in [0.4, 0.5) is 0 Å². The molecule has 1 aromatic rings. The molecule has 0 radical (unpaired) electrons. The van der Waals surface area contributed by atoms with Crippen LogP contribution in [-0.4, -0.2) is 21.0 Å². The van der Waals surface area contributed by atoms with Crippen LogP contribution in [0.1, 0.15) is 0 Å². The molecule has 0 aliphatic heterocycles. The Kier molecular flexibility index (Phi) is 5.24. The molecule has 0 aromatic heterocycles. The van der Waals surface area contributed by atoms with Crippen LogP contribution >= 0.6 is 0 Å². The summed E-state index contributed by atoms with van der Waals surface area (Å²) in [4.78, 5) is -0.153. The first-order valence-corrected chi connectivity index (χ1v) is 9.18. The summed E-state index contributed by atoms with van der Waals surface area (Å²) < 4.78 is 31.9. The molecule has 0 spiro atoms. The first-order valence-electron chi connectivity index (χ1n) is 4.28. The molecular formula is C9H13NaO3SSi. The van der Waals surface area contributed by atoms with Crippen molar-refractivity contribution in [3.05, 3.63) is 24.3 Å². The Balaban J connectivity index is 0.00000196. The maximum absolute atomic E-state index is 10.6. The maximum atomic E-state index is 10.6. The average molecular weight is 252 g/mol. The molecule has 0 aliphatic carbocycles. The van der Waals surface area contributed by atoms with Gasteiger partial charge in [0.1, 0.15) is 10.1 Å². The Hall–Kier alpha value is 0.347. The minimum atomic E-state index is -4.30. The van der Waals surface area contributed by atoms with Gasteiger partial charge in [0.05, 0.1) is 13.0 Å². The summed E-state index contributed by atoms with van der Waals surface area (Å²) in [6.07, 6.45) is 0. The van der Waals surface area contributed by atoms with Gasteiger partial charge in [-0.1, -0.05) is 37.0 Å². The van der Waals surface area contributed by atoms with E-state index in [0.717, 1.165) is 5.19 Å². The summed E-state index contributed by atoms with van der Waals surface area (Å²) in [7, 11) is -5.71. The van der Waals surface area contributed by atoms with Crippen molar-refractivity contribution in [2.24, 2.45) is 0 Å². The first-order chi connectivity index (χ1) is 6.21. The van der Waals surface area contributed by atoms with Crippen LogP contribution < -0.4 is 34.7 Å². The smallest absolute Gasteiger partial charge is 0.744 e. The van der Waals surface area contributed by atoms with Crippen molar-refractivity contribution in [3.63, 3.8) is 0 Å². The second kappa shape index (κ2) is 5.12. The van der Waals surface area contributed by atoms with Crippen molar-refractivity contribution in [3.8, 4) is 0 Å². The third-order valence-corrected chi connectivity index (χ3v) is 4.92. The van der Waals surface area contributed by atoms with Crippen molar-refractivity contribution in [1.29, 1.82) is 0 Å². The van der Waals surface area contributed by atoms with Gasteiger partial charge >= 0.3 is 29.6 Å². The molecule has 0 unspecified atom stereocenters. The molecule has 1 rings (SSSR count). The van der Waals surface area contributed by atoms with E-state index in [1.165, 1.54) is 12.1 Å². The fraction of sp³-hybridized carbons (Fsp3) is 0.333. The zero-order chi connectivity index (χ0) is 11.0. The van der Waals surface area contributed by atoms with Crippen LogP contribution in [0.3, 0.4) is 0 Å². The van der Waals surface area contributed by atoms with Crippen molar-refractivity contribution in [2.75, 3.05) is 0 Å². The predicted molar refractivity (Wildman–Crippen MR) is 57.4 cm³/mol. The van der Waals surface area contributed by atoms with Crippen LogP contribution in [0.5, 0.6) is 0 Å². The first kappa shape index (κ1) is 15.3. The van der Waals surface area contributed by atoms with E-state index in [2.05, 4.69) is 19.6 Å². The summed E-state index contributed by atoms with van der Waals surface area (Å²) in [6, 6.07) is 6.24. The van der Waals surface area contributed by atoms with E-state index in [1.807, 2.05) is 0 Å². The minimum absolute atomic E-state index is 0. The summed E-state index contributed by atoms with van der Waals surface area (Å²) >= 11 is 0.